The van der Waals surface area contributed by atoms with E-state index in [-0.39, 0.29) is 5.56 Å². The Morgan fingerprint density at radius 3 is 2.00 bits per heavy atom. The Kier molecular flexibility index (Phi) is 8.79. The zero-order chi connectivity index (χ0) is 26.1. The number of pyridine rings is 1. The van der Waals surface area contributed by atoms with E-state index < -0.39 is 83.9 Å². The van der Waals surface area contributed by atoms with Gasteiger partial charge in [0.1, 0.15) is 36.1 Å². The molecule has 2 saturated heterocycles. The molecule has 0 radical (unpaired) electrons. The molecule has 0 aromatic carbocycles. The van der Waals surface area contributed by atoms with Crippen LogP contribution in [0.4, 0.5) is 0 Å². The van der Waals surface area contributed by atoms with Gasteiger partial charge in [-0.2, -0.15) is 8.88 Å². The topological polar surface area (TPSA) is 269 Å². The van der Waals surface area contributed by atoms with Crippen LogP contribution < -0.4 is 10.3 Å². The highest BCUT2D eigenvalue weighted by Gasteiger charge is 2.50. The summed E-state index contributed by atoms with van der Waals surface area (Å²) in [5.74, 6) is -0.761. The maximum Gasteiger partial charge on any atom is 0.481 e. The van der Waals surface area contributed by atoms with Gasteiger partial charge in [0.15, 0.2) is 24.8 Å². The lowest BCUT2D eigenvalue weighted by atomic mass is 10.1. The van der Waals surface area contributed by atoms with Crippen molar-refractivity contribution in [3.05, 3.63) is 30.1 Å². The van der Waals surface area contributed by atoms with E-state index >= 15 is 0 Å². The largest absolute Gasteiger partial charge is 0.481 e. The number of aromatic nitrogens is 1. The first-order chi connectivity index (χ1) is 16.2. The van der Waals surface area contributed by atoms with E-state index in [4.69, 9.17) is 15.2 Å². The molecule has 0 saturated carbocycles. The first-order valence-corrected chi connectivity index (χ1v) is 12.9. The van der Waals surface area contributed by atoms with Crippen LogP contribution in [0, 0.1) is 0 Å². The van der Waals surface area contributed by atoms with Crippen LogP contribution in [-0.4, -0.2) is 97.4 Å². The van der Waals surface area contributed by atoms with Crippen molar-refractivity contribution in [2.75, 3.05) is 13.2 Å². The fourth-order valence-electron chi connectivity index (χ4n) is 3.29. The Bertz CT molecular complexity index is 1010. The number of carbonyl (C=O) groups excluding carboxylic acids is 1. The number of ether oxygens (including phenoxy) is 2. The van der Waals surface area contributed by atoms with Crippen LogP contribution in [0.15, 0.2) is 24.5 Å². The molecular formula is C16H25N2O15P2+. The van der Waals surface area contributed by atoms with Crippen LogP contribution in [0.2, 0.25) is 0 Å². The summed E-state index contributed by atoms with van der Waals surface area (Å²) in [6, 6.07) is 2.83. The third-order valence-corrected chi connectivity index (χ3v) is 7.69. The number of hydrogen-bond acceptors (Lipinski definition) is 13. The Hall–Kier alpha value is -1.40. The lowest BCUT2D eigenvalue weighted by Crippen LogP contribution is -2.46. The molecule has 2 unspecified atom stereocenters. The first kappa shape index (κ1) is 28.2. The minimum Gasteiger partial charge on any atom is -0.387 e. The van der Waals surface area contributed by atoms with Crippen LogP contribution in [0.25, 0.3) is 0 Å². The van der Waals surface area contributed by atoms with Gasteiger partial charge in [-0.25, -0.2) is 9.13 Å². The number of rotatable bonds is 10. The van der Waals surface area contributed by atoms with Crippen molar-refractivity contribution >= 4 is 21.6 Å². The molecule has 1 aromatic heterocycles. The van der Waals surface area contributed by atoms with Crippen molar-refractivity contribution in [1.29, 1.82) is 0 Å². The van der Waals surface area contributed by atoms with Crippen LogP contribution in [0.3, 0.4) is 0 Å². The van der Waals surface area contributed by atoms with E-state index in [9.17, 15) is 49.2 Å². The van der Waals surface area contributed by atoms with Gasteiger partial charge in [0.2, 0.25) is 0 Å². The molecule has 2 aliphatic rings. The standard InChI is InChI=1S/C16H24N2O15P2/c17-14(23)7-2-1-3-18(4-7)15-12(21)10(19)8(31-15)5-29-34(25,26)33-35(27,28)30-6-9-11(20)13(22)16(24)32-9/h1-4,8-13,15-16,19-22,24H,5-6H2,(H3-,17,23,25,26,27,28)/p+1/t8-,9-,10-,11-,12-,13-,15-,16-/m1/s1. The molecular weight excluding hydrogens is 522 g/mol. The molecule has 17 nitrogen and oxygen atoms in total. The van der Waals surface area contributed by atoms with Gasteiger partial charge in [0, 0.05) is 6.07 Å². The molecule has 2 fully saturated rings. The van der Waals surface area contributed by atoms with Crippen LogP contribution in [0.5, 0.6) is 0 Å². The number of nitrogens with two attached hydrogens (primary N) is 1. The van der Waals surface area contributed by atoms with E-state index in [2.05, 4.69) is 13.4 Å². The molecule has 198 valence electrons. The molecule has 2 aliphatic heterocycles. The molecule has 0 bridgehead atoms. The number of carbonyl (C=O) groups is 1. The molecule has 1 aromatic rings. The minimum atomic E-state index is -5.31. The zero-order valence-corrected chi connectivity index (χ0v) is 19.4. The first-order valence-electron chi connectivity index (χ1n) is 9.88. The SMILES string of the molecule is NC(=O)c1ccc[n+]([C@@H]2O[C@H](COP(=O)(O)OP(=O)(O)OC[C@H]3O[C@@H](O)[C@H](O)[C@@H]3O)[C@@H](O)[C@H]2O)c1. The number of phosphoric ester groups is 2. The highest BCUT2D eigenvalue weighted by molar-refractivity contribution is 7.61. The highest BCUT2D eigenvalue weighted by atomic mass is 31.3. The van der Waals surface area contributed by atoms with Crippen LogP contribution >= 0.6 is 15.6 Å². The normalized spacial score (nSPS) is 36.5. The molecule has 3 heterocycles. The van der Waals surface area contributed by atoms with E-state index in [0.717, 1.165) is 0 Å². The summed E-state index contributed by atoms with van der Waals surface area (Å²) < 4.78 is 48.5. The molecule has 19 heteroatoms. The number of nitrogens with zero attached hydrogens (tertiary/aromatic N) is 1. The fourth-order valence-corrected chi connectivity index (χ4v) is 5.38. The van der Waals surface area contributed by atoms with Crippen molar-refractivity contribution < 1.29 is 76.6 Å². The second kappa shape index (κ2) is 10.9. The lowest BCUT2D eigenvalue weighted by Gasteiger charge is -2.20. The third kappa shape index (κ3) is 6.88. The number of aliphatic hydroxyl groups excluding tert-OH is 5. The number of phosphoric acid groups is 2. The lowest BCUT2D eigenvalue weighted by molar-refractivity contribution is -0.765. The summed E-state index contributed by atoms with van der Waals surface area (Å²) in [6.07, 6.45) is -9.82. The third-order valence-electron chi connectivity index (χ3n) is 5.09. The molecule has 10 atom stereocenters. The Morgan fingerprint density at radius 1 is 0.943 bits per heavy atom. The van der Waals surface area contributed by atoms with Gasteiger partial charge in [-0.05, 0) is 6.07 Å². The van der Waals surface area contributed by atoms with Crippen LogP contribution in [-0.2, 0) is 32.0 Å². The number of amides is 1. The quantitative estimate of drug-likeness (QED) is 0.104. The minimum absolute atomic E-state index is 0.0731. The number of hydrogen-bond donors (Lipinski definition) is 8. The summed E-state index contributed by atoms with van der Waals surface area (Å²) in [5, 5.41) is 48.7. The van der Waals surface area contributed by atoms with E-state index in [1.54, 1.807) is 0 Å². The molecule has 0 spiro atoms. The highest BCUT2D eigenvalue weighted by Crippen LogP contribution is 2.60. The Labute approximate surface area is 197 Å². The Balaban J connectivity index is 1.55. The summed E-state index contributed by atoms with van der Waals surface area (Å²) in [7, 11) is -10.6. The summed E-state index contributed by atoms with van der Waals surface area (Å²) in [4.78, 5) is 30.7. The smallest absolute Gasteiger partial charge is 0.387 e. The van der Waals surface area contributed by atoms with Gasteiger partial charge in [0.25, 0.3) is 12.1 Å². The summed E-state index contributed by atoms with van der Waals surface area (Å²) >= 11 is 0. The van der Waals surface area contributed by atoms with Crippen molar-refractivity contribution in [3.63, 3.8) is 0 Å². The predicted molar refractivity (Wildman–Crippen MR) is 107 cm³/mol. The van der Waals surface area contributed by atoms with E-state index in [1.165, 1.54) is 29.1 Å². The van der Waals surface area contributed by atoms with Gasteiger partial charge in [-0.15, -0.1) is 0 Å². The average molecular weight is 547 g/mol. The van der Waals surface area contributed by atoms with Crippen LogP contribution in [0.1, 0.15) is 16.6 Å². The summed E-state index contributed by atoms with van der Waals surface area (Å²) in [5.41, 5.74) is 5.27. The number of aliphatic hydroxyl groups is 5. The van der Waals surface area contributed by atoms with Gasteiger partial charge >= 0.3 is 15.6 Å². The summed E-state index contributed by atoms with van der Waals surface area (Å²) in [6.45, 7) is -1.80. The van der Waals surface area contributed by atoms with Crippen molar-refractivity contribution in [3.8, 4) is 0 Å². The molecule has 35 heavy (non-hydrogen) atoms. The van der Waals surface area contributed by atoms with E-state index in [0.29, 0.717) is 0 Å². The molecule has 3 rings (SSSR count). The molecule has 0 aliphatic carbocycles. The van der Waals surface area contributed by atoms with Gasteiger partial charge in [-0.3, -0.25) is 13.8 Å². The van der Waals surface area contributed by atoms with E-state index in [1.807, 2.05) is 0 Å². The fraction of sp³-hybridized carbons (Fsp3) is 0.625. The maximum absolute atomic E-state index is 12.1. The zero-order valence-electron chi connectivity index (χ0n) is 17.7. The second-order valence-corrected chi connectivity index (χ2v) is 10.7. The number of primary amides is 1. The Morgan fingerprint density at radius 2 is 1.49 bits per heavy atom. The monoisotopic (exact) mass is 547 g/mol. The van der Waals surface area contributed by atoms with Crippen molar-refractivity contribution in [1.82, 2.24) is 0 Å². The second-order valence-electron chi connectivity index (χ2n) is 7.61. The maximum atomic E-state index is 12.1. The van der Waals surface area contributed by atoms with Gasteiger partial charge in [0.05, 0.1) is 13.2 Å². The van der Waals surface area contributed by atoms with Gasteiger partial charge in [-0.1, -0.05) is 0 Å². The average Bonchev–Trinajstić information content (AvgIpc) is 3.20. The molecule has 9 N–H and O–H groups in total. The molecule has 1 amide bonds. The predicted octanol–water partition coefficient (Wildman–Crippen LogP) is -3.62. The van der Waals surface area contributed by atoms with Crippen molar-refractivity contribution in [2.24, 2.45) is 5.73 Å². The van der Waals surface area contributed by atoms with Crippen molar-refractivity contribution in [2.45, 2.75) is 49.1 Å². The van der Waals surface area contributed by atoms with Gasteiger partial charge < -0.3 is 50.5 Å².